The van der Waals surface area contributed by atoms with Crippen molar-refractivity contribution >= 4 is 5.97 Å². The standard InChI is InChI=1S/C22H30O4/c23-19-13-10-16(6-3-1-2-4-7-20(24)25)21(19)17-8-11-18(12-9-17)22(26)14-5-15-22/h1,3,8-9,11-12,16,19,21,23,26H,2,4-7,10,13-15H2,(H,24,25)/b3-1-/t16-,19+,21-/m0/s1. The molecule has 3 rings (SSSR count). The first-order chi connectivity index (χ1) is 12.5. The van der Waals surface area contributed by atoms with E-state index in [2.05, 4.69) is 24.3 Å². The minimum absolute atomic E-state index is 0.142. The highest BCUT2D eigenvalue weighted by Gasteiger charge is 2.38. The number of benzene rings is 1. The summed E-state index contributed by atoms with van der Waals surface area (Å²) in [4.78, 5) is 10.5. The predicted molar refractivity (Wildman–Crippen MR) is 101 cm³/mol. The van der Waals surface area contributed by atoms with Crippen LogP contribution in [0.15, 0.2) is 36.4 Å². The molecule has 0 heterocycles. The molecule has 1 aromatic rings. The Morgan fingerprint density at radius 2 is 1.88 bits per heavy atom. The first-order valence-electron chi connectivity index (χ1n) is 9.87. The number of carboxylic acid groups (broad SMARTS) is 1. The molecule has 2 fully saturated rings. The molecule has 0 aromatic heterocycles. The quantitative estimate of drug-likeness (QED) is 0.483. The molecule has 4 nitrogen and oxygen atoms in total. The zero-order chi connectivity index (χ0) is 18.6. The van der Waals surface area contributed by atoms with Crippen LogP contribution in [0, 0.1) is 5.92 Å². The molecule has 4 heteroatoms. The van der Waals surface area contributed by atoms with Crippen molar-refractivity contribution in [3.05, 3.63) is 47.5 Å². The van der Waals surface area contributed by atoms with Crippen molar-refractivity contribution in [1.29, 1.82) is 0 Å². The fraction of sp³-hybridized carbons (Fsp3) is 0.591. The van der Waals surface area contributed by atoms with Crippen molar-refractivity contribution in [2.24, 2.45) is 5.92 Å². The highest BCUT2D eigenvalue weighted by atomic mass is 16.4. The van der Waals surface area contributed by atoms with Crippen LogP contribution < -0.4 is 0 Å². The van der Waals surface area contributed by atoms with Gasteiger partial charge in [0.2, 0.25) is 0 Å². The van der Waals surface area contributed by atoms with E-state index in [0.717, 1.165) is 56.1 Å². The molecule has 0 bridgehead atoms. The van der Waals surface area contributed by atoms with Gasteiger partial charge in [0.05, 0.1) is 11.7 Å². The Balaban J connectivity index is 1.58. The molecule has 0 saturated heterocycles. The van der Waals surface area contributed by atoms with Crippen LogP contribution in [0.25, 0.3) is 0 Å². The van der Waals surface area contributed by atoms with Gasteiger partial charge in [-0.05, 0) is 68.4 Å². The highest BCUT2D eigenvalue weighted by Crippen LogP contribution is 2.44. The van der Waals surface area contributed by atoms with Crippen LogP contribution in [0.4, 0.5) is 0 Å². The fourth-order valence-corrected chi connectivity index (χ4v) is 4.39. The lowest BCUT2D eigenvalue weighted by atomic mass is 9.74. The van der Waals surface area contributed by atoms with Gasteiger partial charge in [-0.25, -0.2) is 0 Å². The summed E-state index contributed by atoms with van der Waals surface area (Å²) in [5, 5.41) is 29.6. The van der Waals surface area contributed by atoms with Crippen molar-refractivity contribution in [1.82, 2.24) is 0 Å². The SMILES string of the molecule is O=C(O)CCC/C=C\C[C@H]1CC[C@@H](O)[C@@H]1c1ccc(C2(O)CCC2)cc1. The molecule has 0 unspecified atom stereocenters. The van der Waals surface area contributed by atoms with Gasteiger partial charge in [-0.2, -0.15) is 0 Å². The number of hydrogen-bond donors (Lipinski definition) is 3. The van der Waals surface area contributed by atoms with E-state index >= 15 is 0 Å². The summed E-state index contributed by atoms with van der Waals surface area (Å²) in [6.07, 6.45) is 11.1. The smallest absolute Gasteiger partial charge is 0.303 e. The molecule has 2 saturated carbocycles. The molecule has 0 spiro atoms. The van der Waals surface area contributed by atoms with Crippen LogP contribution in [0.2, 0.25) is 0 Å². The van der Waals surface area contributed by atoms with Crippen molar-refractivity contribution < 1.29 is 20.1 Å². The number of aliphatic hydroxyl groups excluding tert-OH is 1. The summed E-state index contributed by atoms with van der Waals surface area (Å²) in [5.74, 6) is -0.186. The third kappa shape index (κ3) is 4.36. The Morgan fingerprint density at radius 3 is 2.50 bits per heavy atom. The second kappa shape index (κ2) is 8.36. The molecule has 2 aliphatic carbocycles. The predicted octanol–water partition coefficient (Wildman–Crippen LogP) is 4.11. The lowest BCUT2D eigenvalue weighted by Gasteiger charge is -2.37. The van der Waals surface area contributed by atoms with Crippen LogP contribution in [-0.4, -0.2) is 27.4 Å². The third-order valence-corrected chi connectivity index (χ3v) is 6.14. The first kappa shape index (κ1) is 19.1. The van der Waals surface area contributed by atoms with Gasteiger partial charge in [0.15, 0.2) is 0 Å². The molecular formula is C22H30O4. The van der Waals surface area contributed by atoms with E-state index in [1.165, 1.54) is 0 Å². The molecule has 2 aliphatic rings. The lowest BCUT2D eigenvalue weighted by molar-refractivity contribution is -0.137. The molecule has 1 aromatic carbocycles. The number of carbonyl (C=O) groups is 1. The third-order valence-electron chi connectivity index (χ3n) is 6.14. The maximum atomic E-state index is 10.5. The van der Waals surface area contributed by atoms with E-state index in [9.17, 15) is 15.0 Å². The van der Waals surface area contributed by atoms with Gasteiger partial charge < -0.3 is 15.3 Å². The van der Waals surface area contributed by atoms with Crippen LogP contribution >= 0.6 is 0 Å². The Hall–Kier alpha value is -1.65. The number of hydrogen-bond acceptors (Lipinski definition) is 3. The first-order valence-corrected chi connectivity index (χ1v) is 9.87. The summed E-state index contributed by atoms with van der Waals surface area (Å²) in [7, 11) is 0. The fourth-order valence-electron chi connectivity index (χ4n) is 4.39. The van der Waals surface area contributed by atoms with Gasteiger partial charge in [0.25, 0.3) is 0 Å². The van der Waals surface area contributed by atoms with Gasteiger partial charge in [0, 0.05) is 12.3 Å². The average Bonchev–Trinajstić information content (AvgIpc) is 2.96. The monoisotopic (exact) mass is 358 g/mol. The van der Waals surface area contributed by atoms with E-state index in [1.54, 1.807) is 0 Å². The zero-order valence-corrected chi connectivity index (χ0v) is 15.3. The Labute approximate surface area is 155 Å². The maximum Gasteiger partial charge on any atom is 0.303 e. The number of aliphatic carboxylic acids is 1. The van der Waals surface area contributed by atoms with Crippen LogP contribution in [-0.2, 0) is 10.4 Å². The average molecular weight is 358 g/mol. The molecule has 0 radical (unpaired) electrons. The van der Waals surface area contributed by atoms with E-state index in [4.69, 9.17) is 5.11 Å². The second-order valence-electron chi connectivity index (χ2n) is 7.93. The van der Waals surface area contributed by atoms with E-state index in [-0.39, 0.29) is 18.4 Å². The minimum atomic E-state index is -0.743. The van der Waals surface area contributed by atoms with E-state index in [1.807, 2.05) is 12.1 Å². The molecule has 26 heavy (non-hydrogen) atoms. The number of unbranched alkanes of at least 4 members (excludes halogenated alkanes) is 1. The molecular weight excluding hydrogens is 328 g/mol. The largest absolute Gasteiger partial charge is 0.481 e. The normalized spacial score (nSPS) is 27.5. The zero-order valence-electron chi connectivity index (χ0n) is 15.3. The van der Waals surface area contributed by atoms with Crippen molar-refractivity contribution in [3.8, 4) is 0 Å². The van der Waals surface area contributed by atoms with E-state index in [0.29, 0.717) is 12.3 Å². The van der Waals surface area contributed by atoms with Crippen LogP contribution in [0.3, 0.4) is 0 Å². The van der Waals surface area contributed by atoms with Gasteiger partial charge in [-0.1, -0.05) is 36.4 Å². The second-order valence-corrected chi connectivity index (χ2v) is 7.93. The van der Waals surface area contributed by atoms with Gasteiger partial charge in [0.1, 0.15) is 0 Å². The Bertz CT molecular complexity index is 630. The van der Waals surface area contributed by atoms with Crippen molar-refractivity contribution in [2.45, 2.75) is 75.4 Å². The lowest BCUT2D eigenvalue weighted by Crippen LogP contribution is -2.33. The minimum Gasteiger partial charge on any atom is -0.481 e. The number of allylic oxidation sites excluding steroid dienone is 2. The summed E-state index contributed by atoms with van der Waals surface area (Å²) >= 11 is 0. The topological polar surface area (TPSA) is 77.8 Å². The number of aliphatic hydroxyl groups is 2. The van der Waals surface area contributed by atoms with Crippen LogP contribution in [0.1, 0.15) is 74.8 Å². The molecule has 0 aliphatic heterocycles. The van der Waals surface area contributed by atoms with Gasteiger partial charge >= 0.3 is 5.97 Å². The Morgan fingerprint density at radius 1 is 1.15 bits per heavy atom. The molecule has 142 valence electrons. The van der Waals surface area contributed by atoms with Gasteiger partial charge in [-0.15, -0.1) is 0 Å². The summed E-state index contributed by atoms with van der Waals surface area (Å²) < 4.78 is 0. The van der Waals surface area contributed by atoms with Crippen molar-refractivity contribution in [3.63, 3.8) is 0 Å². The van der Waals surface area contributed by atoms with Crippen molar-refractivity contribution in [2.75, 3.05) is 0 Å². The van der Waals surface area contributed by atoms with Crippen LogP contribution in [0.5, 0.6) is 0 Å². The molecule has 0 amide bonds. The molecule has 3 N–H and O–H groups in total. The summed E-state index contributed by atoms with van der Waals surface area (Å²) in [5.41, 5.74) is 1.52. The number of rotatable bonds is 8. The highest BCUT2D eigenvalue weighted by molar-refractivity contribution is 5.66. The molecule has 3 atom stereocenters. The maximum absolute atomic E-state index is 10.5. The summed E-state index contributed by atoms with van der Waals surface area (Å²) in [6.45, 7) is 0. The number of carboxylic acids is 1. The Kier molecular flexibility index (Phi) is 6.15. The summed E-state index contributed by atoms with van der Waals surface area (Å²) in [6, 6.07) is 8.21. The van der Waals surface area contributed by atoms with E-state index < -0.39 is 11.6 Å². The van der Waals surface area contributed by atoms with Gasteiger partial charge in [-0.3, -0.25) is 4.79 Å².